The van der Waals surface area contributed by atoms with Crippen molar-refractivity contribution in [1.82, 2.24) is 24.6 Å². The zero-order valence-corrected chi connectivity index (χ0v) is 13.6. The first kappa shape index (κ1) is 14.6. The van der Waals surface area contributed by atoms with Crippen LogP contribution in [0.3, 0.4) is 0 Å². The zero-order valence-electron chi connectivity index (χ0n) is 13.6. The fraction of sp³-hybridized carbons (Fsp3) is 0.222. The van der Waals surface area contributed by atoms with Gasteiger partial charge in [-0.3, -0.25) is 0 Å². The molecule has 0 atom stereocenters. The molecule has 0 radical (unpaired) electrons. The molecule has 4 aromatic rings. The smallest absolute Gasteiger partial charge is 0.241 e. The van der Waals surface area contributed by atoms with Gasteiger partial charge in [0.05, 0.1) is 11.7 Å². The molecule has 0 fully saturated rings. The molecule has 1 N–H and O–H groups in total. The van der Waals surface area contributed by atoms with Crippen LogP contribution in [0.15, 0.2) is 49.1 Å². The minimum Gasteiger partial charge on any atom is -0.353 e. The predicted molar refractivity (Wildman–Crippen MR) is 94.8 cm³/mol. The fourth-order valence-electron chi connectivity index (χ4n) is 2.63. The Morgan fingerprint density at radius 3 is 2.92 bits per heavy atom. The van der Waals surface area contributed by atoms with E-state index in [0.29, 0.717) is 11.9 Å². The van der Waals surface area contributed by atoms with Gasteiger partial charge in [-0.15, -0.1) is 5.10 Å². The Bertz CT molecular complexity index is 1000. The van der Waals surface area contributed by atoms with Crippen molar-refractivity contribution < 1.29 is 0 Å². The standard InChI is InChI=1S/C18H18N6/c1-12(2)9-21-18-22-11-16-15(5-7-24(16)23-18)14-8-13-4-3-6-19-17(13)20-10-14/h3-8,10-12H,9H2,1-2H3,(H,21,23). The third-order valence-electron chi connectivity index (χ3n) is 3.85. The highest BCUT2D eigenvalue weighted by Crippen LogP contribution is 2.26. The maximum absolute atomic E-state index is 4.52. The maximum Gasteiger partial charge on any atom is 0.241 e. The number of fused-ring (bicyclic) bond motifs is 2. The number of hydrogen-bond donors (Lipinski definition) is 1. The molecule has 0 saturated heterocycles. The largest absolute Gasteiger partial charge is 0.353 e. The number of rotatable bonds is 4. The molecule has 0 amide bonds. The van der Waals surface area contributed by atoms with Gasteiger partial charge in [-0.2, -0.15) is 0 Å². The highest BCUT2D eigenvalue weighted by Gasteiger charge is 2.09. The first-order valence-electron chi connectivity index (χ1n) is 8.00. The molecule has 6 nitrogen and oxygen atoms in total. The minimum absolute atomic E-state index is 0.543. The number of nitrogens with one attached hydrogen (secondary N) is 1. The van der Waals surface area contributed by atoms with E-state index in [1.165, 1.54) is 0 Å². The Hall–Kier alpha value is -3.02. The van der Waals surface area contributed by atoms with Gasteiger partial charge in [0, 0.05) is 41.6 Å². The summed E-state index contributed by atoms with van der Waals surface area (Å²) in [4.78, 5) is 13.1. The Balaban J connectivity index is 1.73. The first-order valence-corrected chi connectivity index (χ1v) is 8.00. The van der Waals surface area contributed by atoms with Crippen molar-refractivity contribution in [3.63, 3.8) is 0 Å². The van der Waals surface area contributed by atoms with E-state index in [2.05, 4.69) is 45.3 Å². The van der Waals surface area contributed by atoms with E-state index in [-0.39, 0.29) is 0 Å². The molecule has 4 heterocycles. The predicted octanol–water partition coefficient (Wildman–Crippen LogP) is 3.41. The van der Waals surface area contributed by atoms with Gasteiger partial charge in [0.15, 0.2) is 5.65 Å². The molecule has 0 spiro atoms. The summed E-state index contributed by atoms with van der Waals surface area (Å²) in [5.41, 5.74) is 3.80. The van der Waals surface area contributed by atoms with Crippen LogP contribution in [0, 0.1) is 5.92 Å². The van der Waals surface area contributed by atoms with Gasteiger partial charge in [-0.25, -0.2) is 19.5 Å². The summed E-state index contributed by atoms with van der Waals surface area (Å²) in [6, 6.07) is 8.06. The third-order valence-corrected chi connectivity index (χ3v) is 3.85. The van der Waals surface area contributed by atoms with Crippen LogP contribution in [0.2, 0.25) is 0 Å². The SMILES string of the molecule is CC(C)CNc1ncc2c(-c3cnc4ncccc4c3)ccn2n1. The van der Waals surface area contributed by atoms with Gasteiger partial charge in [0.25, 0.3) is 0 Å². The molecule has 4 aromatic heterocycles. The van der Waals surface area contributed by atoms with Crippen molar-refractivity contribution in [2.75, 3.05) is 11.9 Å². The lowest BCUT2D eigenvalue weighted by Crippen LogP contribution is -2.11. The number of hydrogen-bond acceptors (Lipinski definition) is 5. The summed E-state index contributed by atoms with van der Waals surface area (Å²) in [6.45, 7) is 5.16. The van der Waals surface area contributed by atoms with Crippen LogP contribution < -0.4 is 5.32 Å². The van der Waals surface area contributed by atoms with Gasteiger partial charge >= 0.3 is 0 Å². The minimum atomic E-state index is 0.543. The molecule has 24 heavy (non-hydrogen) atoms. The fourth-order valence-corrected chi connectivity index (χ4v) is 2.63. The normalized spacial score (nSPS) is 11.5. The summed E-state index contributed by atoms with van der Waals surface area (Å²) >= 11 is 0. The van der Waals surface area contributed by atoms with E-state index in [4.69, 9.17) is 0 Å². The highest BCUT2D eigenvalue weighted by molar-refractivity contribution is 5.86. The molecule has 0 unspecified atom stereocenters. The lowest BCUT2D eigenvalue weighted by molar-refractivity contribution is 0.681. The van der Waals surface area contributed by atoms with E-state index >= 15 is 0 Å². The molecule has 0 bridgehead atoms. The van der Waals surface area contributed by atoms with Gasteiger partial charge in [-0.05, 0) is 30.2 Å². The van der Waals surface area contributed by atoms with Crippen LogP contribution in [-0.4, -0.2) is 31.1 Å². The van der Waals surface area contributed by atoms with Crippen LogP contribution in [0.25, 0.3) is 27.7 Å². The van der Waals surface area contributed by atoms with Crippen LogP contribution in [0.5, 0.6) is 0 Å². The maximum atomic E-state index is 4.52. The molecular weight excluding hydrogens is 300 g/mol. The van der Waals surface area contributed by atoms with Crippen LogP contribution in [-0.2, 0) is 0 Å². The van der Waals surface area contributed by atoms with Gasteiger partial charge in [0.2, 0.25) is 5.95 Å². The lowest BCUT2D eigenvalue weighted by Gasteiger charge is -2.07. The van der Waals surface area contributed by atoms with Crippen molar-refractivity contribution in [3.05, 3.63) is 49.1 Å². The molecular formula is C18H18N6. The average molecular weight is 318 g/mol. The quantitative estimate of drug-likeness (QED) is 0.624. The summed E-state index contributed by atoms with van der Waals surface area (Å²) in [6.07, 6.45) is 7.39. The van der Waals surface area contributed by atoms with E-state index < -0.39 is 0 Å². The van der Waals surface area contributed by atoms with E-state index in [1.807, 2.05) is 41.3 Å². The van der Waals surface area contributed by atoms with E-state index in [0.717, 1.165) is 34.2 Å². The third kappa shape index (κ3) is 2.67. The summed E-state index contributed by atoms with van der Waals surface area (Å²) in [5, 5.41) is 8.78. The molecule has 4 rings (SSSR count). The van der Waals surface area contributed by atoms with Gasteiger partial charge in [-0.1, -0.05) is 13.8 Å². The van der Waals surface area contributed by atoms with E-state index in [1.54, 1.807) is 6.20 Å². The van der Waals surface area contributed by atoms with Crippen LogP contribution in [0.4, 0.5) is 5.95 Å². The molecule has 0 aliphatic carbocycles. The average Bonchev–Trinajstić information content (AvgIpc) is 3.02. The second-order valence-electron chi connectivity index (χ2n) is 6.19. The highest BCUT2D eigenvalue weighted by atomic mass is 15.3. The van der Waals surface area contributed by atoms with Crippen LogP contribution >= 0.6 is 0 Å². The summed E-state index contributed by atoms with van der Waals surface area (Å²) in [7, 11) is 0. The monoisotopic (exact) mass is 318 g/mol. The molecule has 120 valence electrons. The van der Waals surface area contributed by atoms with Crippen molar-refractivity contribution in [3.8, 4) is 11.1 Å². The molecule has 0 aliphatic rings. The lowest BCUT2D eigenvalue weighted by atomic mass is 10.1. The van der Waals surface area contributed by atoms with E-state index in [9.17, 15) is 0 Å². The second kappa shape index (κ2) is 5.88. The van der Waals surface area contributed by atoms with Gasteiger partial charge < -0.3 is 5.32 Å². The molecule has 0 aromatic carbocycles. The number of pyridine rings is 2. The topological polar surface area (TPSA) is 68.0 Å². The number of anilines is 1. The first-order chi connectivity index (χ1) is 11.7. The number of nitrogens with zero attached hydrogens (tertiary/aromatic N) is 5. The number of aromatic nitrogens is 5. The Morgan fingerprint density at radius 2 is 2.04 bits per heavy atom. The molecule has 0 saturated carbocycles. The summed E-state index contributed by atoms with van der Waals surface area (Å²) in [5.74, 6) is 1.18. The van der Waals surface area contributed by atoms with Crippen molar-refractivity contribution in [2.45, 2.75) is 13.8 Å². The zero-order chi connectivity index (χ0) is 16.5. The Kier molecular flexibility index (Phi) is 3.57. The van der Waals surface area contributed by atoms with Gasteiger partial charge in [0.1, 0.15) is 0 Å². The van der Waals surface area contributed by atoms with Crippen molar-refractivity contribution >= 4 is 22.5 Å². The Morgan fingerprint density at radius 1 is 1.12 bits per heavy atom. The molecule has 6 heteroatoms. The van der Waals surface area contributed by atoms with Crippen molar-refractivity contribution in [1.29, 1.82) is 0 Å². The van der Waals surface area contributed by atoms with Crippen LogP contribution in [0.1, 0.15) is 13.8 Å². The summed E-state index contributed by atoms with van der Waals surface area (Å²) < 4.78 is 1.85. The Labute approximate surface area is 139 Å². The molecule has 0 aliphatic heterocycles. The van der Waals surface area contributed by atoms with Crippen molar-refractivity contribution in [2.24, 2.45) is 5.92 Å². The second-order valence-corrected chi connectivity index (χ2v) is 6.19.